The third kappa shape index (κ3) is 7.73. The number of nitrogens with one attached hydrogen (secondary N) is 2. The molecular weight excluding hydrogens is 248 g/mol. The molecule has 0 spiro atoms. The molecule has 1 atom stereocenters. The highest BCUT2D eigenvalue weighted by molar-refractivity contribution is 5.79. The Balaban J connectivity index is 2.15. The lowest BCUT2D eigenvalue weighted by molar-refractivity contribution is 0.232. The summed E-state index contributed by atoms with van der Waals surface area (Å²) in [7, 11) is 1.85. The van der Waals surface area contributed by atoms with Gasteiger partial charge in [0.2, 0.25) is 0 Å². The lowest BCUT2D eigenvalue weighted by Crippen LogP contribution is -2.45. The summed E-state index contributed by atoms with van der Waals surface area (Å²) in [5, 5.41) is 6.91. The Morgan fingerprint density at radius 2 is 1.80 bits per heavy atom. The van der Waals surface area contributed by atoms with E-state index < -0.39 is 0 Å². The van der Waals surface area contributed by atoms with Crippen molar-refractivity contribution in [2.24, 2.45) is 10.9 Å². The molecule has 0 aromatic rings. The Morgan fingerprint density at radius 1 is 1.10 bits per heavy atom. The smallest absolute Gasteiger partial charge is 0.191 e. The molecule has 0 amide bonds. The Labute approximate surface area is 125 Å². The molecule has 1 saturated heterocycles. The summed E-state index contributed by atoms with van der Waals surface area (Å²) >= 11 is 0. The van der Waals surface area contributed by atoms with Crippen LogP contribution in [0.4, 0.5) is 0 Å². The molecule has 1 fully saturated rings. The van der Waals surface area contributed by atoms with Gasteiger partial charge in [-0.1, -0.05) is 20.3 Å². The molecule has 118 valence electrons. The van der Waals surface area contributed by atoms with E-state index in [0.717, 1.165) is 25.0 Å². The zero-order valence-electron chi connectivity index (χ0n) is 13.9. The van der Waals surface area contributed by atoms with E-state index in [2.05, 4.69) is 41.3 Å². The summed E-state index contributed by atoms with van der Waals surface area (Å²) < 4.78 is 0. The predicted molar refractivity (Wildman–Crippen MR) is 88.3 cm³/mol. The van der Waals surface area contributed by atoms with Gasteiger partial charge in [0.25, 0.3) is 0 Å². The van der Waals surface area contributed by atoms with Crippen LogP contribution in [0.5, 0.6) is 0 Å². The molecule has 0 aromatic heterocycles. The number of piperidine rings is 1. The normalized spacial score (nSPS) is 19.1. The van der Waals surface area contributed by atoms with Gasteiger partial charge in [-0.15, -0.1) is 0 Å². The topological polar surface area (TPSA) is 39.7 Å². The van der Waals surface area contributed by atoms with Gasteiger partial charge in [-0.05, 0) is 51.6 Å². The molecule has 0 aliphatic carbocycles. The molecule has 20 heavy (non-hydrogen) atoms. The van der Waals surface area contributed by atoms with Gasteiger partial charge in [-0.25, -0.2) is 0 Å². The fraction of sp³-hybridized carbons (Fsp3) is 0.938. The van der Waals surface area contributed by atoms with Gasteiger partial charge in [0.15, 0.2) is 5.96 Å². The SMILES string of the molecule is CN=C(NCCN1CCCCC1)NC(C)CCC(C)C. The zero-order valence-corrected chi connectivity index (χ0v) is 13.9. The van der Waals surface area contributed by atoms with Crippen LogP contribution in [0.2, 0.25) is 0 Å². The number of rotatable bonds is 7. The second kappa shape index (κ2) is 10.0. The minimum Gasteiger partial charge on any atom is -0.355 e. The summed E-state index contributed by atoms with van der Waals surface area (Å²) in [6.07, 6.45) is 6.59. The van der Waals surface area contributed by atoms with Crippen molar-refractivity contribution in [1.29, 1.82) is 0 Å². The van der Waals surface area contributed by atoms with Gasteiger partial charge in [0.05, 0.1) is 0 Å². The molecule has 0 saturated carbocycles. The fourth-order valence-electron chi connectivity index (χ4n) is 2.60. The molecule has 4 nitrogen and oxygen atoms in total. The third-order valence-electron chi connectivity index (χ3n) is 3.95. The standard InChI is InChI=1S/C16H34N4/c1-14(2)8-9-15(3)19-16(17-4)18-10-13-20-11-6-5-7-12-20/h14-15H,5-13H2,1-4H3,(H2,17,18,19). The highest BCUT2D eigenvalue weighted by Crippen LogP contribution is 2.07. The molecule has 2 N–H and O–H groups in total. The summed E-state index contributed by atoms with van der Waals surface area (Å²) in [5.41, 5.74) is 0. The first-order valence-electron chi connectivity index (χ1n) is 8.31. The Bertz CT molecular complexity index is 270. The van der Waals surface area contributed by atoms with E-state index in [-0.39, 0.29) is 0 Å². The van der Waals surface area contributed by atoms with Gasteiger partial charge in [0, 0.05) is 26.2 Å². The van der Waals surface area contributed by atoms with Crippen molar-refractivity contribution in [3.63, 3.8) is 0 Å². The van der Waals surface area contributed by atoms with Crippen molar-refractivity contribution in [3.8, 4) is 0 Å². The molecular formula is C16H34N4. The van der Waals surface area contributed by atoms with Crippen molar-refractivity contribution >= 4 is 5.96 Å². The first kappa shape index (κ1) is 17.3. The molecule has 1 aliphatic rings. The Morgan fingerprint density at radius 3 is 2.40 bits per heavy atom. The number of nitrogens with zero attached hydrogens (tertiary/aromatic N) is 2. The van der Waals surface area contributed by atoms with Crippen LogP contribution in [0.15, 0.2) is 4.99 Å². The summed E-state index contributed by atoms with van der Waals surface area (Å²) in [4.78, 5) is 6.86. The van der Waals surface area contributed by atoms with Gasteiger partial charge < -0.3 is 15.5 Å². The average Bonchev–Trinajstić information content (AvgIpc) is 2.45. The minimum absolute atomic E-state index is 0.485. The summed E-state index contributed by atoms with van der Waals surface area (Å²) in [6, 6.07) is 0.485. The average molecular weight is 282 g/mol. The van der Waals surface area contributed by atoms with E-state index >= 15 is 0 Å². The number of likely N-dealkylation sites (tertiary alicyclic amines) is 1. The van der Waals surface area contributed by atoms with Crippen LogP contribution in [0.25, 0.3) is 0 Å². The van der Waals surface area contributed by atoms with E-state index in [9.17, 15) is 0 Å². The second-order valence-corrected chi connectivity index (χ2v) is 6.42. The van der Waals surface area contributed by atoms with E-state index in [4.69, 9.17) is 0 Å². The molecule has 1 heterocycles. The monoisotopic (exact) mass is 282 g/mol. The Kier molecular flexibility index (Phi) is 8.67. The lowest BCUT2D eigenvalue weighted by atomic mass is 10.0. The van der Waals surface area contributed by atoms with Crippen LogP contribution in [0.3, 0.4) is 0 Å². The van der Waals surface area contributed by atoms with E-state index in [1.807, 2.05) is 7.05 Å². The lowest BCUT2D eigenvalue weighted by Gasteiger charge is -2.27. The van der Waals surface area contributed by atoms with E-state index in [1.54, 1.807) is 0 Å². The Hall–Kier alpha value is -0.770. The number of guanidine groups is 1. The van der Waals surface area contributed by atoms with Gasteiger partial charge >= 0.3 is 0 Å². The molecule has 4 heteroatoms. The van der Waals surface area contributed by atoms with Gasteiger partial charge in [-0.2, -0.15) is 0 Å². The van der Waals surface area contributed by atoms with Crippen LogP contribution in [0, 0.1) is 5.92 Å². The fourth-order valence-corrected chi connectivity index (χ4v) is 2.60. The predicted octanol–water partition coefficient (Wildman–Crippen LogP) is 2.46. The van der Waals surface area contributed by atoms with Crippen molar-refractivity contribution in [1.82, 2.24) is 15.5 Å². The summed E-state index contributed by atoms with van der Waals surface area (Å²) in [5.74, 6) is 1.71. The second-order valence-electron chi connectivity index (χ2n) is 6.42. The highest BCUT2D eigenvalue weighted by atomic mass is 15.2. The quantitative estimate of drug-likeness (QED) is 0.556. The molecule has 1 aliphatic heterocycles. The van der Waals surface area contributed by atoms with Crippen LogP contribution >= 0.6 is 0 Å². The molecule has 0 bridgehead atoms. The zero-order chi connectivity index (χ0) is 14.8. The maximum Gasteiger partial charge on any atom is 0.191 e. The van der Waals surface area contributed by atoms with Gasteiger partial charge in [0.1, 0.15) is 0 Å². The molecule has 1 unspecified atom stereocenters. The van der Waals surface area contributed by atoms with Crippen LogP contribution in [-0.4, -0.2) is 50.1 Å². The van der Waals surface area contributed by atoms with Crippen molar-refractivity contribution < 1.29 is 0 Å². The van der Waals surface area contributed by atoms with E-state index in [0.29, 0.717) is 6.04 Å². The molecule has 0 aromatic carbocycles. The molecule has 1 rings (SSSR count). The van der Waals surface area contributed by atoms with Crippen LogP contribution in [0.1, 0.15) is 52.9 Å². The maximum atomic E-state index is 4.31. The van der Waals surface area contributed by atoms with E-state index in [1.165, 1.54) is 45.2 Å². The highest BCUT2D eigenvalue weighted by Gasteiger charge is 2.10. The number of hydrogen-bond donors (Lipinski definition) is 2. The third-order valence-corrected chi connectivity index (χ3v) is 3.95. The van der Waals surface area contributed by atoms with Crippen LogP contribution in [-0.2, 0) is 0 Å². The van der Waals surface area contributed by atoms with Crippen molar-refractivity contribution in [2.45, 2.75) is 58.9 Å². The first-order valence-corrected chi connectivity index (χ1v) is 8.31. The number of hydrogen-bond acceptors (Lipinski definition) is 2. The first-order chi connectivity index (χ1) is 9.61. The largest absolute Gasteiger partial charge is 0.355 e. The maximum absolute atomic E-state index is 4.31. The van der Waals surface area contributed by atoms with Crippen LogP contribution < -0.4 is 10.6 Å². The van der Waals surface area contributed by atoms with Gasteiger partial charge in [-0.3, -0.25) is 4.99 Å². The van der Waals surface area contributed by atoms with Crippen molar-refractivity contribution in [3.05, 3.63) is 0 Å². The summed E-state index contributed by atoms with van der Waals surface area (Å²) in [6.45, 7) is 11.4. The minimum atomic E-state index is 0.485. The van der Waals surface area contributed by atoms with Crippen molar-refractivity contribution in [2.75, 3.05) is 33.2 Å². The number of aliphatic imine (C=N–C) groups is 1. The molecule has 0 radical (unpaired) electrons.